The van der Waals surface area contributed by atoms with Crippen LogP contribution in [-0.2, 0) is 17.8 Å². The summed E-state index contributed by atoms with van der Waals surface area (Å²) < 4.78 is 40.7. The molecule has 1 saturated carbocycles. The summed E-state index contributed by atoms with van der Waals surface area (Å²) in [6.45, 7) is 9.97. The highest BCUT2D eigenvalue weighted by Crippen LogP contribution is 2.53. The standard InChI is InChI=1S/C48H48Cl2FN7O6S/c1-26-38-27(2)42(50)43(41(26)49)63-35(22-57-14-12-56(3)13-15-57)24-61-34-8-9-36(62-23-33-10-11-52-48(55-33)58-20-28-16-29(17-28)21-58)31(18-34)19-37(47(59)60)64-45-40-39(38)44(65-46(40)54-25-53-45)30-4-6-32(51)7-5-30/h4-11,18,25,28-29,35,37H,12-17,19-24H2,1-3H3,(H,59,60)/t28?,29?,35?,37-/m1/s1. The molecule has 8 heterocycles. The number of hydrogen-bond donors (Lipinski definition) is 1. The van der Waals surface area contributed by atoms with E-state index >= 15 is 0 Å². The number of piperidine rings is 2. The Hall–Kier alpha value is -5.32. The Labute approximate surface area is 390 Å². The van der Waals surface area contributed by atoms with E-state index in [9.17, 15) is 14.3 Å². The molecule has 3 aromatic heterocycles. The molecule has 0 amide bonds. The molecule has 338 valence electrons. The van der Waals surface area contributed by atoms with Crippen LogP contribution in [0.15, 0.2) is 61.1 Å². The molecule has 13 nitrogen and oxygen atoms in total. The molecular formula is C48H48Cl2FN7O6S. The summed E-state index contributed by atoms with van der Waals surface area (Å²) in [5.74, 6) is 1.77. The van der Waals surface area contributed by atoms with Crippen LogP contribution >= 0.6 is 34.5 Å². The number of thiophene rings is 1. The summed E-state index contributed by atoms with van der Waals surface area (Å²) in [6, 6.07) is 13.3. The van der Waals surface area contributed by atoms with E-state index in [1.165, 1.54) is 42.6 Å². The number of likely N-dealkylation sites (N-methyl/N-ethyl adjacent to an activating group) is 1. The quantitative estimate of drug-likeness (QED) is 0.156. The summed E-state index contributed by atoms with van der Waals surface area (Å²) in [5, 5.41) is 11.9. The number of aliphatic carboxylic acids is 1. The monoisotopic (exact) mass is 939 g/mol. The van der Waals surface area contributed by atoms with Crippen LogP contribution in [-0.4, -0.2) is 112 Å². The van der Waals surface area contributed by atoms with Gasteiger partial charge in [0.05, 0.1) is 21.1 Å². The maximum absolute atomic E-state index is 14.4. The van der Waals surface area contributed by atoms with Crippen molar-refractivity contribution in [1.82, 2.24) is 29.7 Å². The van der Waals surface area contributed by atoms with Crippen molar-refractivity contribution >= 4 is 56.7 Å². The predicted octanol–water partition coefficient (Wildman–Crippen LogP) is 8.77. The Morgan fingerprint density at radius 2 is 1.68 bits per heavy atom. The Kier molecular flexibility index (Phi) is 12.2. The lowest BCUT2D eigenvalue weighted by Crippen LogP contribution is -2.49. The number of carboxylic acids is 1. The minimum atomic E-state index is -1.44. The molecule has 6 aromatic rings. The molecule has 4 fully saturated rings. The van der Waals surface area contributed by atoms with Crippen LogP contribution in [0.5, 0.6) is 23.1 Å². The number of ether oxygens (including phenoxy) is 4. The van der Waals surface area contributed by atoms with Crippen LogP contribution in [0.25, 0.3) is 31.8 Å². The highest BCUT2D eigenvalue weighted by molar-refractivity contribution is 7.22. The molecule has 3 aromatic carbocycles. The smallest absolute Gasteiger partial charge is 0.345 e. The molecular weight excluding hydrogens is 893 g/mol. The van der Waals surface area contributed by atoms with Gasteiger partial charge in [0, 0.05) is 74.4 Å². The number of fused-ring (bicyclic) bond motifs is 9. The second-order valence-corrected chi connectivity index (χ2v) is 19.3. The number of carboxylic acid groups (broad SMARTS) is 1. The normalized spacial score (nSPS) is 21.2. The van der Waals surface area contributed by atoms with Gasteiger partial charge in [0.25, 0.3) is 0 Å². The Balaban J connectivity index is 1.07. The summed E-state index contributed by atoms with van der Waals surface area (Å²) in [5.41, 5.74) is 4.56. The fourth-order valence-corrected chi connectivity index (χ4v) is 11.2. The molecule has 65 heavy (non-hydrogen) atoms. The van der Waals surface area contributed by atoms with Crippen LogP contribution < -0.4 is 23.8 Å². The number of halogens is 3. The molecule has 1 N–H and O–H groups in total. The third-order valence-corrected chi connectivity index (χ3v) is 15.1. The molecule has 17 heteroatoms. The molecule has 6 aliphatic rings. The Morgan fingerprint density at radius 1 is 0.938 bits per heavy atom. The van der Waals surface area contributed by atoms with E-state index in [4.69, 9.17) is 47.1 Å². The van der Waals surface area contributed by atoms with Crippen molar-refractivity contribution in [2.45, 2.75) is 51.9 Å². The molecule has 2 atom stereocenters. The average Bonchev–Trinajstić information content (AvgIpc) is 3.69. The number of piperazine rings is 1. The molecule has 0 radical (unpaired) electrons. The van der Waals surface area contributed by atoms with Crippen molar-refractivity contribution < 1.29 is 33.2 Å². The number of anilines is 1. The van der Waals surface area contributed by atoms with Gasteiger partial charge in [-0.25, -0.2) is 29.1 Å². The molecule has 12 rings (SSSR count). The molecule has 5 aliphatic heterocycles. The summed E-state index contributed by atoms with van der Waals surface area (Å²) >= 11 is 16.0. The number of nitrogens with zero attached hydrogens (tertiary/aromatic N) is 7. The van der Waals surface area contributed by atoms with Crippen molar-refractivity contribution in [3.8, 4) is 44.7 Å². The fourth-order valence-electron chi connectivity index (χ4n) is 9.52. The van der Waals surface area contributed by atoms with Gasteiger partial charge in [0.1, 0.15) is 47.8 Å². The maximum atomic E-state index is 14.4. The van der Waals surface area contributed by atoms with Crippen LogP contribution in [0.3, 0.4) is 0 Å². The van der Waals surface area contributed by atoms with E-state index in [0.717, 1.165) is 44.1 Å². The van der Waals surface area contributed by atoms with E-state index in [-0.39, 0.29) is 31.3 Å². The largest absolute Gasteiger partial charge is 0.490 e. The van der Waals surface area contributed by atoms with E-state index < -0.39 is 18.2 Å². The minimum Gasteiger partial charge on any atom is -0.490 e. The highest BCUT2D eigenvalue weighted by atomic mass is 35.5. The lowest BCUT2D eigenvalue weighted by atomic mass is 9.71. The van der Waals surface area contributed by atoms with Gasteiger partial charge in [-0.3, -0.25) is 4.90 Å². The van der Waals surface area contributed by atoms with Gasteiger partial charge in [-0.15, -0.1) is 11.3 Å². The van der Waals surface area contributed by atoms with E-state index in [1.807, 2.05) is 19.9 Å². The molecule has 6 bridgehead atoms. The number of benzene rings is 3. The van der Waals surface area contributed by atoms with Crippen molar-refractivity contribution in [2.24, 2.45) is 11.8 Å². The lowest BCUT2D eigenvalue weighted by Gasteiger charge is -2.47. The SMILES string of the molecule is Cc1c(Cl)c2c(Cl)c(C)c1-c1c(-c3ccc(F)cc3)sc3ncnc(c13)O[C@@H](C(=O)O)Cc1cc(ccc1OCc1ccnc(N3CC4CC(C4)C3)n1)OCC(CN1CCN(C)CC1)O2. The Morgan fingerprint density at radius 3 is 2.40 bits per heavy atom. The molecule has 1 aliphatic carbocycles. The van der Waals surface area contributed by atoms with Crippen LogP contribution in [0.4, 0.5) is 10.3 Å². The zero-order chi connectivity index (χ0) is 44.9. The van der Waals surface area contributed by atoms with Gasteiger partial charge in [-0.1, -0.05) is 35.3 Å². The van der Waals surface area contributed by atoms with Gasteiger partial charge in [-0.05, 0) is 104 Å². The zero-order valence-corrected chi connectivity index (χ0v) is 38.6. The molecule has 0 spiro atoms. The minimum absolute atomic E-state index is 0.0451. The number of carbonyl (C=O) groups is 1. The van der Waals surface area contributed by atoms with Crippen LogP contribution in [0.2, 0.25) is 10.0 Å². The van der Waals surface area contributed by atoms with Gasteiger partial charge < -0.3 is 33.9 Å². The lowest BCUT2D eigenvalue weighted by molar-refractivity contribution is -0.145. The first kappa shape index (κ1) is 43.6. The first-order chi connectivity index (χ1) is 31.4. The van der Waals surface area contributed by atoms with Gasteiger partial charge in [0.15, 0.2) is 5.75 Å². The third kappa shape index (κ3) is 8.88. The van der Waals surface area contributed by atoms with Crippen molar-refractivity contribution in [1.29, 1.82) is 0 Å². The van der Waals surface area contributed by atoms with Gasteiger partial charge in [-0.2, -0.15) is 0 Å². The second kappa shape index (κ2) is 18.2. The highest BCUT2D eigenvalue weighted by Gasteiger charge is 2.38. The van der Waals surface area contributed by atoms with E-state index in [1.54, 1.807) is 36.5 Å². The topological polar surface area (TPSA) is 136 Å². The number of hydrogen-bond acceptors (Lipinski definition) is 13. The third-order valence-electron chi connectivity index (χ3n) is 13.0. The van der Waals surface area contributed by atoms with Gasteiger partial charge in [0.2, 0.25) is 17.9 Å². The predicted molar refractivity (Wildman–Crippen MR) is 249 cm³/mol. The zero-order valence-electron chi connectivity index (χ0n) is 36.2. The van der Waals surface area contributed by atoms with Crippen molar-refractivity contribution in [3.05, 3.63) is 99.3 Å². The molecule has 3 saturated heterocycles. The first-order valence-electron chi connectivity index (χ1n) is 21.9. The van der Waals surface area contributed by atoms with Crippen LogP contribution in [0, 0.1) is 31.5 Å². The Bertz CT molecular complexity index is 2730. The number of rotatable bonds is 8. The molecule has 1 unspecified atom stereocenters. The first-order valence-corrected chi connectivity index (χ1v) is 23.5. The summed E-state index contributed by atoms with van der Waals surface area (Å²) in [7, 11) is 2.11. The average molecular weight is 941 g/mol. The van der Waals surface area contributed by atoms with E-state index in [0.29, 0.717) is 101 Å². The number of aromatic nitrogens is 4. The summed E-state index contributed by atoms with van der Waals surface area (Å²) in [4.78, 5) is 40.1. The van der Waals surface area contributed by atoms with E-state index in [2.05, 4.69) is 36.7 Å². The van der Waals surface area contributed by atoms with Gasteiger partial charge >= 0.3 is 5.97 Å². The maximum Gasteiger partial charge on any atom is 0.345 e. The fraction of sp³-hybridized carbons (Fsp3) is 0.396. The van der Waals surface area contributed by atoms with Crippen molar-refractivity contribution in [2.75, 3.05) is 64.4 Å². The summed E-state index contributed by atoms with van der Waals surface area (Å²) in [6.07, 6.45) is 3.57. The van der Waals surface area contributed by atoms with Crippen LogP contribution in [0.1, 0.15) is 35.2 Å². The van der Waals surface area contributed by atoms with Crippen molar-refractivity contribution in [3.63, 3.8) is 0 Å². The second-order valence-electron chi connectivity index (χ2n) is 17.6.